The fraction of sp³-hybridized carbons (Fsp3) is 0.500. The van der Waals surface area contributed by atoms with Crippen molar-refractivity contribution in [2.45, 2.75) is 32.9 Å². The van der Waals surface area contributed by atoms with Gasteiger partial charge in [-0.1, -0.05) is 30.7 Å². The summed E-state index contributed by atoms with van der Waals surface area (Å²) in [5, 5.41) is 13.1. The highest BCUT2D eigenvalue weighted by Crippen LogP contribution is 2.17. The Morgan fingerprint density at radius 3 is 2.73 bits per heavy atom. The smallest absolute Gasteiger partial charge is 0.0584 e. The average molecular weight is 228 g/mol. The van der Waals surface area contributed by atoms with Crippen LogP contribution in [0.5, 0.6) is 0 Å². The molecule has 0 spiro atoms. The van der Waals surface area contributed by atoms with Crippen molar-refractivity contribution in [3.8, 4) is 0 Å². The summed E-state index contributed by atoms with van der Waals surface area (Å²) in [4.78, 5) is 0. The van der Waals surface area contributed by atoms with E-state index in [1.807, 2.05) is 32.0 Å². The molecular formula is C12H18ClNO. The number of hydrogen-bond donors (Lipinski definition) is 2. The lowest BCUT2D eigenvalue weighted by molar-refractivity contribution is 0.238. The maximum absolute atomic E-state index is 9.02. The molecule has 1 rings (SSSR count). The SMILES string of the molecule is CCC(CO)NCc1ccc(C)cc1Cl. The van der Waals surface area contributed by atoms with E-state index in [1.54, 1.807) is 0 Å². The van der Waals surface area contributed by atoms with Gasteiger partial charge in [0.1, 0.15) is 0 Å². The molecule has 15 heavy (non-hydrogen) atoms. The molecule has 1 aromatic rings. The summed E-state index contributed by atoms with van der Waals surface area (Å²) < 4.78 is 0. The van der Waals surface area contributed by atoms with Gasteiger partial charge >= 0.3 is 0 Å². The number of halogens is 1. The summed E-state index contributed by atoms with van der Waals surface area (Å²) >= 11 is 6.10. The number of hydrogen-bond acceptors (Lipinski definition) is 2. The summed E-state index contributed by atoms with van der Waals surface area (Å²) in [5.41, 5.74) is 2.24. The van der Waals surface area contributed by atoms with E-state index in [-0.39, 0.29) is 12.6 Å². The molecule has 0 radical (unpaired) electrons. The molecule has 0 aliphatic heterocycles. The molecule has 0 bridgehead atoms. The second kappa shape index (κ2) is 6.11. The second-order valence-electron chi connectivity index (χ2n) is 3.76. The van der Waals surface area contributed by atoms with Gasteiger partial charge in [-0.15, -0.1) is 0 Å². The highest BCUT2D eigenvalue weighted by molar-refractivity contribution is 6.31. The Balaban J connectivity index is 2.57. The Bertz CT molecular complexity index is 310. The molecule has 0 aliphatic carbocycles. The van der Waals surface area contributed by atoms with Crippen LogP contribution in [-0.4, -0.2) is 17.8 Å². The van der Waals surface area contributed by atoms with Crippen molar-refractivity contribution in [3.63, 3.8) is 0 Å². The Morgan fingerprint density at radius 1 is 1.47 bits per heavy atom. The third-order valence-electron chi connectivity index (χ3n) is 2.50. The molecule has 0 heterocycles. The van der Waals surface area contributed by atoms with E-state index in [0.29, 0.717) is 6.54 Å². The summed E-state index contributed by atoms with van der Waals surface area (Å²) in [5.74, 6) is 0. The number of aliphatic hydroxyl groups excluding tert-OH is 1. The molecule has 0 aromatic heterocycles. The van der Waals surface area contributed by atoms with E-state index in [0.717, 1.165) is 22.6 Å². The van der Waals surface area contributed by atoms with E-state index in [4.69, 9.17) is 16.7 Å². The van der Waals surface area contributed by atoms with Crippen LogP contribution in [0.15, 0.2) is 18.2 Å². The van der Waals surface area contributed by atoms with Gasteiger partial charge in [0, 0.05) is 17.6 Å². The largest absolute Gasteiger partial charge is 0.395 e. The van der Waals surface area contributed by atoms with Crippen molar-refractivity contribution >= 4 is 11.6 Å². The van der Waals surface area contributed by atoms with Crippen LogP contribution in [0.2, 0.25) is 5.02 Å². The van der Waals surface area contributed by atoms with Gasteiger partial charge in [0.2, 0.25) is 0 Å². The summed E-state index contributed by atoms with van der Waals surface area (Å²) in [6.07, 6.45) is 0.917. The molecule has 3 heteroatoms. The van der Waals surface area contributed by atoms with Gasteiger partial charge in [-0.2, -0.15) is 0 Å². The lowest BCUT2D eigenvalue weighted by Gasteiger charge is -2.14. The van der Waals surface area contributed by atoms with E-state index in [1.165, 1.54) is 0 Å². The molecule has 0 fully saturated rings. The Morgan fingerprint density at radius 2 is 2.20 bits per heavy atom. The predicted molar refractivity (Wildman–Crippen MR) is 64.2 cm³/mol. The zero-order chi connectivity index (χ0) is 11.3. The molecule has 1 atom stereocenters. The lowest BCUT2D eigenvalue weighted by Crippen LogP contribution is -2.31. The highest BCUT2D eigenvalue weighted by atomic mass is 35.5. The van der Waals surface area contributed by atoms with Gasteiger partial charge in [-0.25, -0.2) is 0 Å². The maximum Gasteiger partial charge on any atom is 0.0584 e. The summed E-state index contributed by atoms with van der Waals surface area (Å²) in [7, 11) is 0. The first-order valence-corrected chi connectivity index (χ1v) is 5.64. The van der Waals surface area contributed by atoms with Crippen molar-refractivity contribution in [2.75, 3.05) is 6.61 Å². The van der Waals surface area contributed by atoms with Gasteiger partial charge in [-0.3, -0.25) is 0 Å². The number of nitrogens with one attached hydrogen (secondary N) is 1. The minimum Gasteiger partial charge on any atom is -0.395 e. The lowest BCUT2D eigenvalue weighted by atomic mass is 10.1. The molecule has 0 saturated heterocycles. The van der Waals surface area contributed by atoms with Crippen LogP contribution < -0.4 is 5.32 Å². The quantitative estimate of drug-likeness (QED) is 0.810. The zero-order valence-electron chi connectivity index (χ0n) is 9.26. The van der Waals surface area contributed by atoms with Crippen molar-refractivity contribution in [1.29, 1.82) is 0 Å². The van der Waals surface area contributed by atoms with Crippen LogP contribution in [0.25, 0.3) is 0 Å². The first-order chi connectivity index (χ1) is 7.17. The monoisotopic (exact) mass is 227 g/mol. The first kappa shape index (κ1) is 12.5. The molecule has 2 N–H and O–H groups in total. The van der Waals surface area contributed by atoms with Gasteiger partial charge in [0.25, 0.3) is 0 Å². The highest BCUT2D eigenvalue weighted by Gasteiger charge is 2.05. The third-order valence-corrected chi connectivity index (χ3v) is 2.85. The van der Waals surface area contributed by atoms with E-state index in [2.05, 4.69) is 5.32 Å². The second-order valence-corrected chi connectivity index (χ2v) is 4.17. The normalized spacial score (nSPS) is 12.8. The van der Waals surface area contributed by atoms with E-state index < -0.39 is 0 Å². The summed E-state index contributed by atoms with van der Waals surface area (Å²) in [6, 6.07) is 6.18. The van der Waals surface area contributed by atoms with E-state index in [9.17, 15) is 0 Å². The molecule has 1 unspecified atom stereocenters. The van der Waals surface area contributed by atoms with Gasteiger partial charge in [0.05, 0.1) is 6.61 Å². The number of aryl methyl sites for hydroxylation is 1. The van der Waals surface area contributed by atoms with Gasteiger partial charge in [0.15, 0.2) is 0 Å². The van der Waals surface area contributed by atoms with Crippen LogP contribution in [-0.2, 0) is 6.54 Å². The number of benzene rings is 1. The minimum absolute atomic E-state index is 0.155. The Labute approximate surface area is 96.3 Å². The van der Waals surface area contributed by atoms with Crippen LogP contribution in [0.1, 0.15) is 24.5 Å². The molecule has 1 aromatic carbocycles. The molecule has 0 aliphatic rings. The van der Waals surface area contributed by atoms with Gasteiger partial charge < -0.3 is 10.4 Å². The molecule has 0 amide bonds. The number of rotatable bonds is 5. The summed E-state index contributed by atoms with van der Waals surface area (Å²) in [6.45, 7) is 4.94. The number of aliphatic hydroxyl groups is 1. The van der Waals surface area contributed by atoms with Crippen LogP contribution in [0, 0.1) is 6.92 Å². The fourth-order valence-electron chi connectivity index (χ4n) is 1.39. The average Bonchev–Trinajstić information content (AvgIpc) is 2.22. The van der Waals surface area contributed by atoms with Gasteiger partial charge in [-0.05, 0) is 30.5 Å². The minimum atomic E-state index is 0.155. The van der Waals surface area contributed by atoms with Crippen LogP contribution >= 0.6 is 11.6 Å². The molecule has 2 nitrogen and oxygen atoms in total. The van der Waals surface area contributed by atoms with Crippen molar-refractivity contribution in [2.24, 2.45) is 0 Å². The first-order valence-electron chi connectivity index (χ1n) is 5.26. The van der Waals surface area contributed by atoms with Crippen molar-refractivity contribution in [1.82, 2.24) is 5.32 Å². The zero-order valence-corrected chi connectivity index (χ0v) is 10.0. The van der Waals surface area contributed by atoms with Crippen molar-refractivity contribution < 1.29 is 5.11 Å². The van der Waals surface area contributed by atoms with E-state index >= 15 is 0 Å². The van der Waals surface area contributed by atoms with Crippen LogP contribution in [0.4, 0.5) is 0 Å². The van der Waals surface area contributed by atoms with Crippen molar-refractivity contribution in [3.05, 3.63) is 34.3 Å². The topological polar surface area (TPSA) is 32.3 Å². The standard InChI is InChI=1S/C12H18ClNO/c1-3-11(8-15)14-7-10-5-4-9(2)6-12(10)13/h4-6,11,14-15H,3,7-8H2,1-2H3. The molecule has 0 saturated carbocycles. The molecule has 84 valence electrons. The maximum atomic E-state index is 9.02. The third kappa shape index (κ3) is 3.82. The molecular weight excluding hydrogens is 210 g/mol. The Hall–Kier alpha value is -0.570. The fourth-order valence-corrected chi connectivity index (χ4v) is 1.69. The van der Waals surface area contributed by atoms with Crippen LogP contribution in [0.3, 0.4) is 0 Å². The Kier molecular flexibility index (Phi) is 5.09. The predicted octanol–water partition coefficient (Wildman–Crippen LogP) is 2.51.